The zero-order chi connectivity index (χ0) is 43.6. The Labute approximate surface area is 345 Å². The number of benzene rings is 2. The minimum absolute atomic E-state index is 0.0111. The van der Waals surface area contributed by atoms with Gasteiger partial charge in [-0.3, -0.25) is 33.8 Å². The average Bonchev–Trinajstić information content (AvgIpc) is 3.23. The predicted molar refractivity (Wildman–Crippen MR) is 220 cm³/mol. The summed E-state index contributed by atoms with van der Waals surface area (Å²) in [4.78, 5) is 97.7. The van der Waals surface area contributed by atoms with Crippen LogP contribution in [0.15, 0.2) is 71.5 Å². The predicted octanol–water partition coefficient (Wildman–Crippen LogP) is -4.49. The van der Waals surface area contributed by atoms with Crippen LogP contribution in [-0.4, -0.2) is 122 Å². The SMILES string of the molecule is NCCC[C@H](N)CC(=O)NC[C@@H]1NC(=O)[C@H](CO)NC(=O)C(N)CNC(=O)[C@H](C2CCN=C(N)N2)NC(=O)/C(=C/NC(=O)Nc2ccc(Cc3ccccc3)cc2)NC1=O. The molecule has 2 aliphatic heterocycles. The Balaban J connectivity index is 1.62. The second kappa shape index (κ2) is 23.1. The number of nitrogens with one attached hydrogen (secondary N) is 9. The van der Waals surface area contributed by atoms with Crippen LogP contribution in [0.1, 0.15) is 36.8 Å². The Hall–Kier alpha value is -6.62. The summed E-state index contributed by atoms with van der Waals surface area (Å²) in [5.41, 5.74) is 25.3. The fourth-order valence-corrected chi connectivity index (χ4v) is 6.05. The van der Waals surface area contributed by atoms with Crippen molar-refractivity contribution in [2.45, 2.75) is 68.4 Å². The van der Waals surface area contributed by atoms with E-state index in [4.69, 9.17) is 22.9 Å². The van der Waals surface area contributed by atoms with Gasteiger partial charge in [0.2, 0.25) is 29.5 Å². The van der Waals surface area contributed by atoms with E-state index in [1.165, 1.54) is 0 Å². The highest BCUT2D eigenvalue weighted by molar-refractivity contribution is 6.03. The van der Waals surface area contributed by atoms with E-state index < -0.39 is 103 Å². The molecule has 2 aromatic rings. The average molecular weight is 835 g/mol. The molecule has 0 aliphatic carbocycles. The van der Waals surface area contributed by atoms with Crippen molar-refractivity contribution in [3.05, 3.63) is 77.6 Å². The Morgan fingerprint density at radius 2 is 1.60 bits per heavy atom. The van der Waals surface area contributed by atoms with Crippen LogP contribution in [0, 0.1) is 0 Å². The number of guanidine groups is 1. The molecule has 324 valence electrons. The minimum Gasteiger partial charge on any atom is -0.394 e. The van der Waals surface area contributed by atoms with E-state index >= 15 is 0 Å². The van der Waals surface area contributed by atoms with E-state index in [2.05, 4.69) is 52.8 Å². The molecular weight excluding hydrogens is 781 g/mol. The zero-order valence-corrected chi connectivity index (χ0v) is 32.9. The van der Waals surface area contributed by atoms with Gasteiger partial charge in [0.1, 0.15) is 29.9 Å². The maximum absolute atomic E-state index is 14.0. The Bertz CT molecular complexity index is 1890. The van der Waals surface area contributed by atoms with Crippen molar-refractivity contribution < 1.29 is 38.7 Å². The number of carbonyl (C=O) groups excluding carboxylic acids is 7. The van der Waals surface area contributed by atoms with E-state index in [0.29, 0.717) is 31.5 Å². The fraction of sp³-hybridized carbons (Fsp3) is 0.421. The molecule has 22 nitrogen and oxygen atoms in total. The first kappa shape index (κ1) is 46.1. The van der Waals surface area contributed by atoms with E-state index in [0.717, 1.165) is 17.3 Å². The molecule has 2 unspecified atom stereocenters. The number of hydrogen-bond donors (Lipinski definition) is 14. The van der Waals surface area contributed by atoms with Crippen LogP contribution in [0.3, 0.4) is 0 Å². The van der Waals surface area contributed by atoms with Crippen molar-refractivity contribution in [1.29, 1.82) is 0 Å². The molecule has 2 heterocycles. The lowest BCUT2D eigenvalue weighted by atomic mass is 10.0. The molecule has 0 radical (unpaired) electrons. The van der Waals surface area contributed by atoms with Gasteiger partial charge in [-0.25, -0.2) is 4.79 Å². The Morgan fingerprint density at radius 3 is 2.28 bits per heavy atom. The van der Waals surface area contributed by atoms with E-state index in [1.54, 1.807) is 12.1 Å². The summed E-state index contributed by atoms with van der Waals surface area (Å²) in [7, 11) is 0. The minimum atomic E-state index is -1.65. The summed E-state index contributed by atoms with van der Waals surface area (Å²) in [6, 6.07) is 8.46. The normalized spacial score (nSPS) is 23.0. The van der Waals surface area contributed by atoms with Crippen molar-refractivity contribution >= 4 is 53.1 Å². The second-order valence-corrected chi connectivity index (χ2v) is 14.1. The van der Waals surface area contributed by atoms with Gasteiger partial charge < -0.3 is 75.9 Å². The molecule has 1 fully saturated rings. The van der Waals surface area contributed by atoms with Gasteiger partial charge in [-0.15, -0.1) is 0 Å². The lowest BCUT2D eigenvalue weighted by Crippen LogP contribution is -2.64. The van der Waals surface area contributed by atoms with Gasteiger partial charge in [0.15, 0.2) is 5.96 Å². The molecule has 2 aliphatic rings. The largest absolute Gasteiger partial charge is 0.394 e. The summed E-state index contributed by atoms with van der Waals surface area (Å²) in [5.74, 6) is -5.59. The van der Waals surface area contributed by atoms with Gasteiger partial charge in [0.05, 0.1) is 12.6 Å². The topological polar surface area (TPSA) is 364 Å². The molecule has 4 rings (SSSR count). The van der Waals surface area contributed by atoms with Crippen LogP contribution >= 0.6 is 0 Å². The third-order valence-corrected chi connectivity index (χ3v) is 9.35. The number of aliphatic hydroxyl groups excluding tert-OH is 1. The third kappa shape index (κ3) is 14.6. The molecular formula is C38H54N14O8. The van der Waals surface area contributed by atoms with Gasteiger partial charge >= 0.3 is 6.03 Å². The van der Waals surface area contributed by atoms with Crippen molar-refractivity contribution in [2.75, 3.05) is 38.1 Å². The second-order valence-electron chi connectivity index (χ2n) is 14.1. The lowest BCUT2D eigenvalue weighted by Gasteiger charge is -2.31. The fourth-order valence-electron chi connectivity index (χ4n) is 6.05. The summed E-state index contributed by atoms with van der Waals surface area (Å²) < 4.78 is 0. The summed E-state index contributed by atoms with van der Waals surface area (Å²) in [6.45, 7) is -1.40. The van der Waals surface area contributed by atoms with Crippen LogP contribution in [-0.2, 0) is 35.2 Å². The van der Waals surface area contributed by atoms with Gasteiger partial charge in [-0.1, -0.05) is 42.5 Å². The number of rotatable bonds is 13. The van der Waals surface area contributed by atoms with Crippen molar-refractivity contribution in [1.82, 2.24) is 42.5 Å². The molecule has 22 heteroatoms. The first-order chi connectivity index (χ1) is 28.8. The highest BCUT2D eigenvalue weighted by Gasteiger charge is 2.35. The highest BCUT2D eigenvalue weighted by atomic mass is 16.3. The number of aliphatic hydroxyl groups is 1. The molecule has 0 spiro atoms. The van der Waals surface area contributed by atoms with Crippen LogP contribution in [0.25, 0.3) is 0 Å². The van der Waals surface area contributed by atoms with Crippen LogP contribution in [0.4, 0.5) is 10.5 Å². The lowest BCUT2D eigenvalue weighted by molar-refractivity contribution is -0.134. The molecule has 2 aromatic carbocycles. The summed E-state index contributed by atoms with van der Waals surface area (Å²) >= 11 is 0. The maximum atomic E-state index is 14.0. The van der Waals surface area contributed by atoms with E-state index in [1.807, 2.05) is 42.5 Å². The quantitative estimate of drug-likeness (QED) is 0.0848. The first-order valence-corrected chi connectivity index (χ1v) is 19.3. The first-order valence-electron chi connectivity index (χ1n) is 19.3. The molecule has 0 aromatic heterocycles. The summed E-state index contributed by atoms with van der Waals surface area (Å²) in [5, 5.41) is 32.4. The molecule has 6 atom stereocenters. The summed E-state index contributed by atoms with van der Waals surface area (Å²) in [6.07, 6.45) is 2.61. The maximum Gasteiger partial charge on any atom is 0.323 e. The molecule has 18 N–H and O–H groups in total. The number of urea groups is 1. The monoisotopic (exact) mass is 834 g/mol. The van der Waals surface area contributed by atoms with Crippen molar-refractivity contribution in [3.63, 3.8) is 0 Å². The number of amides is 8. The van der Waals surface area contributed by atoms with Gasteiger partial charge in [0.25, 0.3) is 5.91 Å². The highest BCUT2D eigenvalue weighted by Crippen LogP contribution is 2.14. The van der Waals surface area contributed by atoms with Gasteiger partial charge in [-0.2, -0.15) is 0 Å². The van der Waals surface area contributed by atoms with Gasteiger partial charge in [0, 0.05) is 44.0 Å². The van der Waals surface area contributed by atoms with Gasteiger partial charge in [-0.05, 0) is 55.5 Å². The Morgan fingerprint density at radius 1 is 0.900 bits per heavy atom. The number of anilines is 1. The van der Waals surface area contributed by atoms with Crippen molar-refractivity contribution in [2.24, 2.45) is 27.9 Å². The van der Waals surface area contributed by atoms with Crippen molar-refractivity contribution in [3.8, 4) is 0 Å². The number of nitrogens with two attached hydrogens (primary N) is 4. The van der Waals surface area contributed by atoms with E-state index in [-0.39, 0.29) is 25.3 Å². The zero-order valence-electron chi connectivity index (χ0n) is 32.9. The molecule has 8 amide bonds. The standard InChI is InChI=1S/C38H54N14O8/c39-13-4-7-23(40)16-30(54)44-18-27-33(56)48-28(19-46-38(60)47-24-10-8-22(9-11-24)15-21-5-2-1-3-6-21)34(57)52-31(26-12-14-43-37(42)51-26)36(59)45-17-25(41)32(55)50-29(20-53)35(58)49-27/h1-3,5-6,8-11,19,23,25-27,29,31,53H,4,7,12-18,20,39-41H2,(H,44,54)(H,45,59)(H,48,56)(H,49,58)(H,50,55)(H,52,57)(H3,42,43,51)(H2,46,47,60)/b28-19-/t23-,25?,26?,27-,29-,31-/m0/s1. The number of aliphatic imine (C=N–C) groups is 1. The smallest absolute Gasteiger partial charge is 0.323 e. The molecule has 0 saturated carbocycles. The third-order valence-electron chi connectivity index (χ3n) is 9.35. The molecule has 60 heavy (non-hydrogen) atoms. The molecule has 0 bridgehead atoms. The number of carbonyl (C=O) groups is 7. The Kier molecular flexibility index (Phi) is 17.7. The number of hydrogen-bond acceptors (Lipinski definition) is 14. The van der Waals surface area contributed by atoms with E-state index in [9.17, 15) is 38.7 Å². The van der Waals surface area contributed by atoms with Crippen LogP contribution < -0.4 is 70.8 Å². The van der Waals surface area contributed by atoms with Crippen LogP contribution in [0.2, 0.25) is 0 Å². The number of nitrogens with zero attached hydrogens (tertiary/aromatic N) is 1. The van der Waals surface area contributed by atoms with Crippen LogP contribution in [0.5, 0.6) is 0 Å². The molecule has 1 saturated heterocycles.